The second-order valence-electron chi connectivity index (χ2n) is 7.50. The first-order valence-corrected chi connectivity index (χ1v) is 7.72. The molecule has 0 heterocycles. The van der Waals surface area contributed by atoms with Crippen LogP contribution in [0.25, 0.3) is 0 Å². The van der Waals surface area contributed by atoms with E-state index in [4.69, 9.17) is 0 Å². The Morgan fingerprint density at radius 3 is 2.35 bits per heavy atom. The van der Waals surface area contributed by atoms with Crippen LogP contribution in [0, 0.1) is 23.7 Å². The van der Waals surface area contributed by atoms with E-state index in [0.717, 1.165) is 17.9 Å². The third-order valence-electron chi connectivity index (χ3n) is 6.41. The number of rotatable bonds is 2. The number of fused-ring (bicyclic) bond motifs is 2. The Morgan fingerprint density at radius 1 is 1.20 bits per heavy atom. The molecule has 20 heavy (non-hydrogen) atoms. The smallest absolute Gasteiger partial charge is 0.251 e. The Kier molecular flexibility index (Phi) is 2.97. The number of hydrogen-bond acceptors (Lipinski definition) is 1. The predicted octanol–water partition coefficient (Wildman–Crippen LogP) is 3.94. The SMILES string of the molecule is Cc1ccc(C(=O)N[C@@H]2C[C@H]3CC[C@@]2(C)C3(C)C)cc1. The molecule has 3 atom stereocenters. The van der Waals surface area contributed by atoms with Gasteiger partial charge in [0.05, 0.1) is 0 Å². The van der Waals surface area contributed by atoms with Gasteiger partial charge in [-0.15, -0.1) is 0 Å². The lowest BCUT2D eigenvalue weighted by Crippen LogP contribution is -2.46. The fourth-order valence-corrected chi connectivity index (χ4v) is 4.37. The molecule has 0 spiro atoms. The summed E-state index contributed by atoms with van der Waals surface area (Å²) in [4.78, 5) is 12.4. The zero-order valence-electron chi connectivity index (χ0n) is 13.0. The molecule has 2 heteroatoms. The number of hydrogen-bond donors (Lipinski definition) is 1. The van der Waals surface area contributed by atoms with Crippen molar-refractivity contribution in [2.75, 3.05) is 0 Å². The van der Waals surface area contributed by atoms with Crippen molar-refractivity contribution in [1.82, 2.24) is 5.32 Å². The van der Waals surface area contributed by atoms with E-state index in [1.54, 1.807) is 0 Å². The summed E-state index contributed by atoms with van der Waals surface area (Å²) in [6, 6.07) is 8.17. The van der Waals surface area contributed by atoms with Crippen LogP contribution in [0.2, 0.25) is 0 Å². The van der Waals surface area contributed by atoms with Crippen molar-refractivity contribution in [2.45, 2.75) is 53.0 Å². The molecule has 2 fully saturated rings. The highest BCUT2D eigenvalue weighted by Gasteiger charge is 2.61. The molecule has 1 aromatic rings. The average Bonchev–Trinajstić information content (AvgIpc) is 2.72. The molecule has 1 aromatic carbocycles. The van der Waals surface area contributed by atoms with Gasteiger partial charge in [0, 0.05) is 11.6 Å². The molecule has 0 aliphatic heterocycles. The predicted molar refractivity (Wildman–Crippen MR) is 81.7 cm³/mol. The summed E-state index contributed by atoms with van der Waals surface area (Å²) in [6.07, 6.45) is 3.70. The van der Waals surface area contributed by atoms with Crippen LogP contribution >= 0.6 is 0 Å². The number of carbonyl (C=O) groups excluding carboxylic acids is 1. The fraction of sp³-hybridized carbons (Fsp3) is 0.611. The number of nitrogens with one attached hydrogen (secondary N) is 1. The van der Waals surface area contributed by atoms with Crippen molar-refractivity contribution in [3.8, 4) is 0 Å². The van der Waals surface area contributed by atoms with E-state index >= 15 is 0 Å². The summed E-state index contributed by atoms with van der Waals surface area (Å²) in [7, 11) is 0. The summed E-state index contributed by atoms with van der Waals surface area (Å²) in [5.74, 6) is 0.843. The molecule has 1 N–H and O–H groups in total. The van der Waals surface area contributed by atoms with E-state index < -0.39 is 0 Å². The second-order valence-corrected chi connectivity index (χ2v) is 7.50. The molecule has 1 amide bonds. The first-order valence-electron chi connectivity index (χ1n) is 7.72. The van der Waals surface area contributed by atoms with E-state index in [-0.39, 0.29) is 11.3 Å². The highest BCUT2D eigenvalue weighted by Crippen LogP contribution is 2.65. The fourth-order valence-electron chi connectivity index (χ4n) is 4.37. The van der Waals surface area contributed by atoms with Gasteiger partial charge in [-0.3, -0.25) is 4.79 Å². The lowest BCUT2D eigenvalue weighted by Gasteiger charge is -2.39. The topological polar surface area (TPSA) is 29.1 Å². The number of benzene rings is 1. The maximum atomic E-state index is 12.4. The summed E-state index contributed by atoms with van der Waals surface area (Å²) in [5.41, 5.74) is 2.56. The van der Waals surface area contributed by atoms with Crippen LogP contribution in [-0.2, 0) is 0 Å². The van der Waals surface area contributed by atoms with Crippen LogP contribution in [0.1, 0.15) is 56.0 Å². The van der Waals surface area contributed by atoms with Gasteiger partial charge in [0.15, 0.2) is 0 Å². The molecule has 3 rings (SSSR count). The Labute approximate surface area is 122 Å². The van der Waals surface area contributed by atoms with Crippen molar-refractivity contribution in [3.63, 3.8) is 0 Å². The van der Waals surface area contributed by atoms with Crippen LogP contribution < -0.4 is 5.32 Å². The van der Waals surface area contributed by atoms with E-state index in [0.29, 0.717) is 11.5 Å². The van der Waals surface area contributed by atoms with Crippen molar-refractivity contribution in [2.24, 2.45) is 16.7 Å². The molecule has 2 aliphatic rings. The van der Waals surface area contributed by atoms with Gasteiger partial charge < -0.3 is 5.32 Å². The molecular weight excluding hydrogens is 246 g/mol. The minimum atomic E-state index is 0.0829. The Hall–Kier alpha value is -1.31. The molecular formula is C18H25NO. The third-order valence-corrected chi connectivity index (χ3v) is 6.41. The minimum Gasteiger partial charge on any atom is -0.349 e. The van der Waals surface area contributed by atoms with Crippen molar-refractivity contribution in [3.05, 3.63) is 35.4 Å². The molecule has 108 valence electrons. The van der Waals surface area contributed by atoms with Gasteiger partial charge in [-0.1, -0.05) is 38.5 Å². The second kappa shape index (κ2) is 4.34. The number of carbonyl (C=O) groups is 1. The zero-order valence-corrected chi connectivity index (χ0v) is 13.0. The monoisotopic (exact) mass is 271 g/mol. The maximum absolute atomic E-state index is 12.4. The maximum Gasteiger partial charge on any atom is 0.251 e. The molecule has 0 radical (unpaired) electrons. The van der Waals surface area contributed by atoms with Crippen LogP contribution in [0.5, 0.6) is 0 Å². The van der Waals surface area contributed by atoms with Crippen molar-refractivity contribution >= 4 is 5.91 Å². The van der Waals surface area contributed by atoms with Gasteiger partial charge in [0.1, 0.15) is 0 Å². The summed E-state index contributed by atoms with van der Waals surface area (Å²) in [6.45, 7) is 9.16. The normalized spacial score (nSPS) is 34.2. The highest BCUT2D eigenvalue weighted by atomic mass is 16.1. The molecule has 2 saturated carbocycles. The minimum absolute atomic E-state index is 0.0829. The molecule has 2 nitrogen and oxygen atoms in total. The van der Waals surface area contributed by atoms with Crippen LogP contribution in [0.15, 0.2) is 24.3 Å². The number of amides is 1. The molecule has 2 aliphatic carbocycles. The van der Waals surface area contributed by atoms with E-state index in [1.807, 2.05) is 31.2 Å². The van der Waals surface area contributed by atoms with Crippen molar-refractivity contribution in [1.29, 1.82) is 0 Å². The molecule has 2 bridgehead atoms. The highest BCUT2D eigenvalue weighted by molar-refractivity contribution is 5.94. The first kappa shape index (κ1) is 13.7. The van der Waals surface area contributed by atoms with Gasteiger partial charge >= 0.3 is 0 Å². The lowest BCUT2D eigenvalue weighted by molar-refractivity contribution is 0.0826. The van der Waals surface area contributed by atoms with Gasteiger partial charge in [0.2, 0.25) is 0 Å². The zero-order chi connectivity index (χ0) is 14.5. The van der Waals surface area contributed by atoms with E-state index in [1.165, 1.54) is 18.4 Å². The van der Waals surface area contributed by atoms with Crippen LogP contribution in [0.3, 0.4) is 0 Å². The van der Waals surface area contributed by atoms with Crippen molar-refractivity contribution < 1.29 is 4.79 Å². The molecule has 0 unspecified atom stereocenters. The standard InChI is InChI=1S/C18H25NO/c1-12-5-7-13(8-6-12)16(20)19-15-11-14-9-10-18(15,4)17(14,2)3/h5-8,14-15H,9-11H2,1-4H3,(H,19,20)/t14-,15-,18-/m1/s1. The van der Waals surface area contributed by atoms with Gasteiger partial charge in [0.25, 0.3) is 5.91 Å². The summed E-state index contributed by atoms with van der Waals surface area (Å²) >= 11 is 0. The molecule has 0 saturated heterocycles. The van der Waals surface area contributed by atoms with Crippen LogP contribution in [-0.4, -0.2) is 11.9 Å². The third kappa shape index (κ3) is 1.81. The Balaban J connectivity index is 1.76. The quantitative estimate of drug-likeness (QED) is 0.867. The van der Waals surface area contributed by atoms with E-state index in [9.17, 15) is 4.79 Å². The largest absolute Gasteiger partial charge is 0.349 e. The number of aryl methyl sites for hydroxylation is 1. The Bertz CT molecular complexity index is 531. The first-order chi connectivity index (χ1) is 9.34. The van der Waals surface area contributed by atoms with Gasteiger partial charge in [-0.05, 0) is 55.1 Å². The van der Waals surface area contributed by atoms with Gasteiger partial charge in [-0.25, -0.2) is 0 Å². The van der Waals surface area contributed by atoms with Crippen LogP contribution in [0.4, 0.5) is 0 Å². The van der Waals surface area contributed by atoms with Gasteiger partial charge in [-0.2, -0.15) is 0 Å². The molecule has 0 aromatic heterocycles. The summed E-state index contributed by atoms with van der Waals surface area (Å²) < 4.78 is 0. The lowest BCUT2D eigenvalue weighted by atomic mass is 9.69. The summed E-state index contributed by atoms with van der Waals surface area (Å²) in [5, 5.41) is 3.30. The Morgan fingerprint density at radius 2 is 1.85 bits per heavy atom. The average molecular weight is 271 g/mol. The van der Waals surface area contributed by atoms with E-state index in [2.05, 4.69) is 26.1 Å².